The average Bonchev–Trinajstić information content (AvgIpc) is 2.52. The Hall–Kier alpha value is -1.82. The maximum atomic E-state index is 14.4. The molecule has 0 atom stereocenters. The highest BCUT2D eigenvalue weighted by molar-refractivity contribution is 6.42. The fourth-order valence-corrected chi connectivity index (χ4v) is 3.30. The van der Waals surface area contributed by atoms with Gasteiger partial charge in [0.25, 0.3) is 0 Å². The molecule has 1 aliphatic rings. The van der Waals surface area contributed by atoms with Crippen LogP contribution in [0.4, 0.5) is 4.39 Å². The summed E-state index contributed by atoms with van der Waals surface area (Å²) in [4.78, 5) is 12.8. The molecule has 0 amide bonds. The lowest BCUT2D eigenvalue weighted by atomic mass is 9.99. The number of halogens is 3. The van der Waals surface area contributed by atoms with Gasteiger partial charge in [0.15, 0.2) is 11.6 Å². The maximum Gasteiger partial charge on any atom is 0.309 e. The molecule has 0 spiro atoms. The average molecular weight is 398 g/mol. The minimum absolute atomic E-state index is 0.181. The number of hydrogen-bond acceptors (Lipinski definition) is 3. The van der Waals surface area contributed by atoms with Gasteiger partial charge in [-0.05, 0) is 41.8 Å². The highest BCUT2D eigenvalue weighted by Gasteiger charge is 2.32. The second kappa shape index (κ2) is 7.82. The highest BCUT2D eigenvalue weighted by atomic mass is 35.5. The molecular weight excluding hydrogens is 380 g/mol. The molecule has 1 fully saturated rings. The summed E-state index contributed by atoms with van der Waals surface area (Å²) in [5, 5.41) is 9.79. The minimum Gasteiger partial charge on any atom is -0.486 e. The summed E-state index contributed by atoms with van der Waals surface area (Å²) in [6, 6.07) is 8.44. The maximum absolute atomic E-state index is 14.4. The van der Waals surface area contributed by atoms with E-state index in [4.69, 9.17) is 33.0 Å². The zero-order valence-electron chi connectivity index (χ0n) is 14.1. The monoisotopic (exact) mass is 397 g/mol. The topological polar surface area (TPSA) is 49.8 Å². The largest absolute Gasteiger partial charge is 0.486 e. The van der Waals surface area contributed by atoms with Crippen molar-refractivity contribution in [3.05, 3.63) is 62.9 Å². The normalized spacial score (nSPS) is 14.9. The molecule has 0 bridgehead atoms. The van der Waals surface area contributed by atoms with Crippen LogP contribution < -0.4 is 4.74 Å². The molecule has 26 heavy (non-hydrogen) atoms. The number of aryl methyl sites for hydroxylation is 1. The zero-order chi connectivity index (χ0) is 18.8. The van der Waals surface area contributed by atoms with E-state index in [0.717, 1.165) is 11.1 Å². The van der Waals surface area contributed by atoms with Crippen LogP contribution in [0.25, 0.3) is 0 Å². The second-order valence-electron chi connectivity index (χ2n) is 6.49. The van der Waals surface area contributed by atoms with Crippen LogP contribution in [0.3, 0.4) is 0 Å². The van der Waals surface area contributed by atoms with Crippen molar-refractivity contribution in [1.82, 2.24) is 4.90 Å². The Kier molecular flexibility index (Phi) is 5.70. The molecule has 138 valence electrons. The quantitative estimate of drug-likeness (QED) is 0.777. The number of rotatable bonds is 6. The number of carboxylic acids is 1. The number of hydrogen-bond donors (Lipinski definition) is 1. The molecule has 0 aliphatic carbocycles. The van der Waals surface area contributed by atoms with Gasteiger partial charge in [-0.2, -0.15) is 0 Å². The van der Waals surface area contributed by atoms with Crippen LogP contribution in [0.15, 0.2) is 30.3 Å². The first kappa shape index (κ1) is 19.0. The Morgan fingerprint density at radius 3 is 2.58 bits per heavy atom. The Morgan fingerprint density at radius 1 is 1.23 bits per heavy atom. The van der Waals surface area contributed by atoms with Crippen molar-refractivity contribution in [2.75, 3.05) is 13.1 Å². The van der Waals surface area contributed by atoms with Crippen LogP contribution in [0.1, 0.15) is 16.7 Å². The van der Waals surface area contributed by atoms with Gasteiger partial charge < -0.3 is 9.84 Å². The fourth-order valence-electron chi connectivity index (χ4n) is 2.97. The summed E-state index contributed by atoms with van der Waals surface area (Å²) in [5.74, 6) is -1.34. The molecule has 1 N–H and O–H groups in total. The number of likely N-dealkylation sites (tertiary alicyclic amines) is 1. The van der Waals surface area contributed by atoms with Gasteiger partial charge in [0.2, 0.25) is 0 Å². The fraction of sp³-hybridized carbons (Fsp3) is 0.316. The van der Waals surface area contributed by atoms with Gasteiger partial charge in [0.05, 0.1) is 16.0 Å². The highest BCUT2D eigenvalue weighted by Crippen LogP contribution is 2.28. The smallest absolute Gasteiger partial charge is 0.309 e. The summed E-state index contributed by atoms with van der Waals surface area (Å²) in [6.07, 6.45) is 0. The number of carbonyl (C=O) groups is 1. The lowest BCUT2D eigenvalue weighted by Crippen LogP contribution is -2.49. The van der Waals surface area contributed by atoms with Crippen LogP contribution in [0.2, 0.25) is 10.0 Å². The van der Waals surface area contributed by atoms with Crippen molar-refractivity contribution in [3.8, 4) is 5.75 Å². The lowest BCUT2D eigenvalue weighted by Gasteiger charge is -2.36. The molecular formula is C19H18Cl2FNO3. The predicted molar refractivity (Wildman–Crippen MR) is 98.3 cm³/mol. The molecule has 0 saturated carbocycles. The Morgan fingerprint density at radius 2 is 1.96 bits per heavy atom. The van der Waals surface area contributed by atoms with E-state index in [0.29, 0.717) is 35.2 Å². The van der Waals surface area contributed by atoms with Gasteiger partial charge in [-0.25, -0.2) is 4.39 Å². The molecule has 2 aromatic rings. The number of benzene rings is 2. The van der Waals surface area contributed by atoms with Gasteiger partial charge in [0.1, 0.15) is 6.61 Å². The molecule has 0 radical (unpaired) electrons. The summed E-state index contributed by atoms with van der Waals surface area (Å²) >= 11 is 11.9. The number of ether oxygens (including phenoxy) is 1. The van der Waals surface area contributed by atoms with Gasteiger partial charge in [-0.15, -0.1) is 0 Å². The van der Waals surface area contributed by atoms with Crippen molar-refractivity contribution in [2.45, 2.75) is 20.1 Å². The van der Waals surface area contributed by atoms with Crippen LogP contribution in [0.5, 0.6) is 5.75 Å². The minimum atomic E-state index is -0.783. The third-order valence-corrected chi connectivity index (χ3v) is 5.11. The molecule has 1 heterocycles. The number of aliphatic carboxylic acids is 1. The van der Waals surface area contributed by atoms with E-state index in [1.54, 1.807) is 25.1 Å². The lowest BCUT2D eigenvalue weighted by molar-refractivity contribution is -0.147. The first-order valence-corrected chi connectivity index (χ1v) is 8.90. The molecule has 2 aromatic carbocycles. The molecule has 0 aromatic heterocycles. The van der Waals surface area contributed by atoms with Gasteiger partial charge in [-0.3, -0.25) is 9.69 Å². The molecule has 1 saturated heterocycles. The van der Waals surface area contributed by atoms with Crippen molar-refractivity contribution >= 4 is 29.2 Å². The van der Waals surface area contributed by atoms with Crippen molar-refractivity contribution in [1.29, 1.82) is 0 Å². The zero-order valence-corrected chi connectivity index (χ0v) is 15.6. The van der Waals surface area contributed by atoms with Gasteiger partial charge in [0, 0.05) is 19.6 Å². The van der Waals surface area contributed by atoms with Crippen LogP contribution in [-0.4, -0.2) is 29.1 Å². The number of nitrogens with zero attached hydrogens (tertiary/aromatic N) is 1. The van der Waals surface area contributed by atoms with Crippen molar-refractivity contribution < 1.29 is 19.0 Å². The van der Waals surface area contributed by atoms with Gasteiger partial charge in [-0.1, -0.05) is 35.3 Å². The summed E-state index contributed by atoms with van der Waals surface area (Å²) in [5.41, 5.74) is 2.28. The van der Waals surface area contributed by atoms with E-state index in [9.17, 15) is 9.18 Å². The first-order valence-electron chi connectivity index (χ1n) is 8.14. The SMILES string of the molecule is Cc1cc(CN2CC(C(=O)O)C2)cc(F)c1OCc1ccc(Cl)c(Cl)c1. The summed E-state index contributed by atoms with van der Waals surface area (Å²) < 4.78 is 20.1. The summed E-state index contributed by atoms with van der Waals surface area (Å²) in [6.45, 7) is 3.47. The predicted octanol–water partition coefficient (Wildman–Crippen LogP) is 4.54. The Balaban J connectivity index is 1.63. The Bertz CT molecular complexity index is 815. The molecule has 1 aliphatic heterocycles. The van der Waals surface area contributed by atoms with E-state index in [1.807, 2.05) is 11.0 Å². The number of carboxylic acid groups (broad SMARTS) is 1. The van der Waals surface area contributed by atoms with Crippen LogP contribution in [-0.2, 0) is 17.9 Å². The molecule has 7 heteroatoms. The van der Waals surface area contributed by atoms with E-state index >= 15 is 0 Å². The summed E-state index contributed by atoms with van der Waals surface area (Å²) in [7, 11) is 0. The van der Waals surface area contributed by atoms with E-state index in [-0.39, 0.29) is 18.3 Å². The van der Waals surface area contributed by atoms with Crippen molar-refractivity contribution in [3.63, 3.8) is 0 Å². The standard InChI is InChI=1S/C19H18Cl2FNO3/c1-11-4-13(7-23-8-14(9-23)19(24)25)6-17(22)18(11)26-10-12-2-3-15(20)16(21)5-12/h2-6,14H,7-10H2,1H3,(H,24,25). The third kappa shape index (κ3) is 4.29. The van der Waals surface area contributed by atoms with E-state index in [2.05, 4.69) is 0 Å². The second-order valence-corrected chi connectivity index (χ2v) is 7.30. The van der Waals surface area contributed by atoms with E-state index in [1.165, 1.54) is 6.07 Å². The molecule has 4 nitrogen and oxygen atoms in total. The van der Waals surface area contributed by atoms with Crippen LogP contribution in [0, 0.1) is 18.7 Å². The molecule has 0 unspecified atom stereocenters. The van der Waals surface area contributed by atoms with Crippen molar-refractivity contribution in [2.24, 2.45) is 5.92 Å². The molecule has 3 rings (SSSR count). The van der Waals surface area contributed by atoms with Crippen LogP contribution >= 0.6 is 23.2 Å². The van der Waals surface area contributed by atoms with Gasteiger partial charge >= 0.3 is 5.97 Å². The van der Waals surface area contributed by atoms with E-state index < -0.39 is 11.8 Å². The third-order valence-electron chi connectivity index (χ3n) is 4.37. The Labute approximate surface area is 161 Å². The first-order chi connectivity index (χ1) is 12.3.